The maximum absolute atomic E-state index is 11.4. The van der Waals surface area contributed by atoms with E-state index in [2.05, 4.69) is 5.32 Å². The highest BCUT2D eigenvalue weighted by atomic mass is 16.3. The fourth-order valence-electron chi connectivity index (χ4n) is 1.04. The van der Waals surface area contributed by atoms with Crippen LogP contribution in [0.4, 0.5) is 0 Å². The minimum absolute atomic E-state index is 0.00389. The van der Waals surface area contributed by atoms with Gasteiger partial charge in [-0.2, -0.15) is 0 Å². The molecule has 0 bridgehead atoms. The monoisotopic (exact) mass is 202 g/mol. The zero-order valence-electron chi connectivity index (χ0n) is 9.58. The van der Waals surface area contributed by atoms with E-state index in [0.717, 1.165) is 0 Å². The van der Waals surface area contributed by atoms with Gasteiger partial charge in [0.1, 0.15) is 0 Å². The molecule has 4 heteroatoms. The molecule has 0 saturated carbocycles. The maximum Gasteiger partial charge on any atom is 0.236 e. The summed E-state index contributed by atoms with van der Waals surface area (Å²) in [5, 5.41) is 12.1. The molecular weight excluding hydrogens is 180 g/mol. The van der Waals surface area contributed by atoms with Gasteiger partial charge in [-0.1, -0.05) is 13.8 Å². The number of carbonyl (C=O) groups excluding carboxylic acids is 1. The Morgan fingerprint density at radius 3 is 2.43 bits per heavy atom. The molecule has 2 N–H and O–H groups in total. The molecule has 0 heterocycles. The fraction of sp³-hybridized carbons (Fsp3) is 0.900. The van der Waals surface area contributed by atoms with Gasteiger partial charge in [-0.05, 0) is 12.8 Å². The first kappa shape index (κ1) is 13.4. The molecule has 0 aromatic carbocycles. The van der Waals surface area contributed by atoms with Crippen LogP contribution < -0.4 is 5.32 Å². The molecule has 0 aliphatic heterocycles. The average molecular weight is 202 g/mol. The second-order valence-corrected chi connectivity index (χ2v) is 3.82. The molecule has 0 spiro atoms. The van der Waals surface area contributed by atoms with Crippen molar-refractivity contribution in [2.75, 3.05) is 26.7 Å². The van der Waals surface area contributed by atoms with Crippen LogP contribution in [0, 0.1) is 5.92 Å². The van der Waals surface area contributed by atoms with Crippen molar-refractivity contribution in [3.05, 3.63) is 0 Å². The van der Waals surface area contributed by atoms with Gasteiger partial charge in [-0.15, -0.1) is 0 Å². The van der Waals surface area contributed by atoms with E-state index in [4.69, 9.17) is 5.11 Å². The van der Waals surface area contributed by atoms with Crippen LogP contribution >= 0.6 is 0 Å². The smallest absolute Gasteiger partial charge is 0.236 e. The molecule has 14 heavy (non-hydrogen) atoms. The third-order valence-electron chi connectivity index (χ3n) is 2.42. The Kier molecular flexibility index (Phi) is 6.49. The standard InChI is InChI=1S/C10H22N2O2/c1-5-12(4)10(14)6-11-9(7-13)8(2)3/h8-9,11,13H,5-7H2,1-4H3. The SMILES string of the molecule is CCN(C)C(=O)CNC(CO)C(C)C. The van der Waals surface area contributed by atoms with E-state index in [9.17, 15) is 4.79 Å². The summed E-state index contributed by atoms with van der Waals surface area (Å²) in [6.45, 7) is 7.05. The molecule has 0 aliphatic rings. The Morgan fingerprint density at radius 2 is 2.07 bits per heavy atom. The van der Waals surface area contributed by atoms with Gasteiger partial charge in [0.2, 0.25) is 5.91 Å². The Labute approximate surface area is 86.3 Å². The number of hydrogen-bond donors (Lipinski definition) is 2. The van der Waals surface area contributed by atoms with E-state index in [1.807, 2.05) is 20.8 Å². The Morgan fingerprint density at radius 1 is 1.50 bits per heavy atom. The van der Waals surface area contributed by atoms with Gasteiger partial charge in [0.15, 0.2) is 0 Å². The van der Waals surface area contributed by atoms with Crippen LogP contribution in [0.1, 0.15) is 20.8 Å². The van der Waals surface area contributed by atoms with Crippen molar-refractivity contribution in [2.24, 2.45) is 5.92 Å². The minimum Gasteiger partial charge on any atom is -0.395 e. The molecule has 84 valence electrons. The Hall–Kier alpha value is -0.610. The van der Waals surface area contributed by atoms with E-state index in [1.165, 1.54) is 0 Å². The zero-order valence-corrected chi connectivity index (χ0v) is 9.58. The fourth-order valence-corrected chi connectivity index (χ4v) is 1.04. The van der Waals surface area contributed by atoms with Crippen molar-refractivity contribution in [2.45, 2.75) is 26.8 Å². The van der Waals surface area contributed by atoms with E-state index in [1.54, 1.807) is 11.9 Å². The predicted molar refractivity (Wildman–Crippen MR) is 57.0 cm³/mol. The lowest BCUT2D eigenvalue weighted by Gasteiger charge is -2.21. The second kappa shape index (κ2) is 6.79. The largest absolute Gasteiger partial charge is 0.395 e. The summed E-state index contributed by atoms with van der Waals surface area (Å²) in [5.74, 6) is 0.395. The predicted octanol–water partition coefficient (Wildman–Crippen LogP) is 0.0712. The number of likely N-dealkylation sites (N-methyl/N-ethyl adjacent to an activating group) is 1. The molecule has 0 saturated heterocycles. The average Bonchev–Trinajstić information content (AvgIpc) is 2.16. The topological polar surface area (TPSA) is 52.6 Å². The van der Waals surface area contributed by atoms with Crippen molar-refractivity contribution in [3.63, 3.8) is 0 Å². The summed E-state index contributed by atoms with van der Waals surface area (Å²) in [6, 6.07) is 0.00389. The molecule has 0 aromatic heterocycles. The van der Waals surface area contributed by atoms with Crippen molar-refractivity contribution >= 4 is 5.91 Å². The lowest BCUT2D eigenvalue weighted by molar-refractivity contribution is -0.128. The first-order valence-corrected chi connectivity index (χ1v) is 5.11. The van der Waals surface area contributed by atoms with Crippen LogP contribution in [0.5, 0.6) is 0 Å². The molecule has 0 aromatic rings. The highest BCUT2D eigenvalue weighted by Crippen LogP contribution is 1.99. The molecule has 4 nitrogen and oxygen atoms in total. The van der Waals surface area contributed by atoms with Crippen LogP contribution in [-0.4, -0.2) is 48.7 Å². The van der Waals surface area contributed by atoms with Crippen LogP contribution in [0.15, 0.2) is 0 Å². The van der Waals surface area contributed by atoms with Crippen molar-refractivity contribution in [1.29, 1.82) is 0 Å². The number of aliphatic hydroxyl groups excluding tert-OH is 1. The number of amides is 1. The summed E-state index contributed by atoms with van der Waals surface area (Å²) in [4.78, 5) is 13.1. The van der Waals surface area contributed by atoms with Crippen LogP contribution in [0.3, 0.4) is 0 Å². The van der Waals surface area contributed by atoms with Crippen molar-refractivity contribution in [3.8, 4) is 0 Å². The van der Waals surface area contributed by atoms with E-state index < -0.39 is 0 Å². The molecule has 0 aliphatic carbocycles. The van der Waals surface area contributed by atoms with Gasteiger partial charge in [-0.25, -0.2) is 0 Å². The van der Waals surface area contributed by atoms with Crippen LogP contribution in [0.2, 0.25) is 0 Å². The van der Waals surface area contributed by atoms with Gasteiger partial charge >= 0.3 is 0 Å². The van der Waals surface area contributed by atoms with Gasteiger partial charge in [0.25, 0.3) is 0 Å². The maximum atomic E-state index is 11.4. The van der Waals surface area contributed by atoms with E-state index in [0.29, 0.717) is 19.0 Å². The number of nitrogens with zero attached hydrogens (tertiary/aromatic N) is 1. The third kappa shape index (κ3) is 4.58. The lowest BCUT2D eigenvalue weighted by Crippen LogP contribution is -2.43. The summed E-state index contributed by atoms with van der Waals surface area (Å²) in [6.07, 6.45) is 0. The number of hydrogen-bond acceptors (Lipinski definition) is 3. The highest BCUT2D eigenvalue weighted by Gasteiger charge is 2.14. The Bertz CT molecular complexity index is 172. The summed E-state index contributed by atoms with van der Waals surface area (Å²) in [5.41, 5.74) is 0. The zero-order chi connectivity index (χ0) is 11.1. The molecule has 0 radical (unpaired) electrons. The number of rotatable bonds is 6. The molecule has 1 unspecified atom stereocenters. The number of carbonyl (C=O) groups is 1. The quantitative estimate of drug-likeness (QED) is 0.641. The normalized spacial score (nSPS) is 13.0. The molecule has 1 atom stereocenters. The lowest BCUT2D eigenvalue weighted by atomic mass is 10.1. The molecule has 0 rings (SSSR count). The molecular formula is C10H22N2O2. The third-order valence-corrected chi connectivity index (χ3v) is 2.42. The van der Waals surface area contributed by atoms with Gasteiger partial charge in [0, 0.05) is 19.6 Å². The summed E-state index contributed by atoms with van der Waals surface area (Å²) in [7, 11) is 1.77. The number of aliphatic hydroxyl groups is 1. The first-order valence-electron chi connectivity index (χ1n) is 5.11. The van der Waals surface area contributed by atoms with E-state index in [-0.39, 0.29) is 18.6 Å². The number of nitrogens with one attached hydrogen (secondary N) is 1. The van der Waals surface area contributed by atoms with Gasteiger partial charge in [-0.3, -0.25) is 4.79 Å². The minimum atomic E-state index is 0.00389. The Balaban J connectivity index is 3.85. The molecule has 0 fully saturated rings. The van der Waals surface area contributed by atoms with E-state index >= 15 is 0 Å². The van der Waals surface area contributed by atoms with Crippen LogP contribution in [-0.2, 0) is 4.79 Å². The van der Waals surface area contributed by atoms with Gasteiger partial charge in [0.05, 0.1) is 13.2 Å². The first-order chi connectivity index (χ1) is 6.52. The van der Waals surface area contributed by atoms with Crippen LogP contribution in [0.25, 0.3) is 0 Å². The van der Waals surface area contributed by atoms with Crippen molar-refractivity contribution < 1.29 is 9.90 Å². The highest BCUT2D eigenvalue weighted by molar-refractivity contribution is 5.77. The molecule has 1 amide bonds. The van der Waals surface area contributed by atoms with Crippen molar-refractivity contribution in [1.82, 2.24) is 10.2 Å². The summed E-state index contributed by atoms with van der Waals surface area (Å²) >= 11 is 0. The summed E-state index contributed by atoms with van der Waals surface area (Å²) < 4.78 is 0. The van der Waals surface area contributed by atoms with Gasteiger partial charge < -0.3 is 15.3 Å². The second-order valence-electron chi connectivity index (χ2n) is 3.82.